The fourth-order valence-corrected chi connectivity index (χ4v) is 3.90. The highest BCUT2D eigenvalue weighted by Gasteiger charge is 2.34. The molecule has 3 N–H and O–H groups in total. The number of carboxylic acids is 1. The summed E-state index contributed by atoms with van der Waals surface area (Å²) in [5.41, 5.74) is 2.41. The minimum atomic E-state index is -0.830. The monoisotopic (exact) mass is 373 g/mol. The first kappa shape index (κ1) is 19.4. The lowest BCUT2D eigenvalue weighted by molar-refractivity contribution is -0.139. The Hall–Kier alpha value is -2.41. The number of rotatable bonds is 6. The molecule has 7 nitrogen and oxygen atoms in total. The van der Waals surface area contributed by atoms with Gasteiger partial charge in [-0.15, -0.1) is 0 Å². The van der Waals surface area contributed by atoms with Gasteiger partial charge >= 0.3 is 12.0 Å². The summed E-state index contributed by atoms with van der Waals surface area (Å²) in [6.45, 7) is 2.65. The molecule has 0 radical (unpaired) electrons. The number of urea groups is 1. The molecule has 2 aliphatic rings. The Morgan fingerprint density at radius 3 is 2.67 bits per heavy atom. The van der Waals surface area contributed by atoms with E-state index in [1.807, 2.05) is 24.0 Å². The molecule has 7 heteroatoms. The van der Waals surface area contributed by atoms with Gasteiger partial charge in [0.25, 0.3) is 0 Å². The van der Waals surface area contributed by atoms with Gasteiger partial charge in [0.05, 0.1) is 6.54 Å². The number of aryl methyl sites for hydroxylation is 1. The molecule has 146 valence electrons. The first-order valence-corrected chi connectivity index (χ1v) is 9.65. The Labute approximate surface area is 159 Å². The van der Waals surface area contributed by atoms with Crippen molar-refractivity contribution in [3.05, 3.63) is 29.3 Å². The number of hydrogen-bond acceptors (Lipinski definition) is 4. The van der Waals surface area contributed by atoms with Gasteiger partial charge in [-0.25, -0.2) is 4.79 Å². The molecule has 1 aromatic rings. The van der Waals surface area contributed by atoms with Gasteiger partial charge in [-0.05, 0) is 56.3 Å². The molecule has 0 spiro atoms. The molecular formula is C20H27N3O4. The van der Waals surface area contributed by atoms with Crippen LogP contribution in [0.25, 0.3) is 0 Å². The summed E-state index contributed by atoms with van der Waals surface area (Å²) < 4.78 is 0. The van der Waals surface area contributed by atoms with Crippen molar-refractivity contribution in [3.8, 4) is 0 Å². The average Bonchev–Trinajstić information content (AvgIpc) is 2.77. The third kappa shape index (κ3) is 4.86. The van der Waals surface area contributed by atoms with Crippen molar-refractivity contribution in [2.45, 2.75) is 57.5 Å². The number of anilines is 1. The van der Waals surface area contributed by atoms with Gasteiger partial charge in [-0.3, -0.25) is 14.5 Å². The number of carboxylic acid groups (broad SMARTS) is 1. The largest absolute Gasteiger partial charge is 0.480 e. The molecule has 0 aromatic heterocycles. The van der Waals surface area contributed by atoms with Crippen LogP contribution in [0.2, 0.25) is 0 Å². The minimum absolute atomic E-state index is 0.0310. The quantitative estimate of drug-likeness (QED) is 0.666. The van der Waals surface area contributed by atoms with Crippen molar-refractivity contribution in [3.63, 3.8) is 0 Å². The number of carbonyl (C=O) groups is 3. The number of Topliss-reactive ketones (excluding diaryl/α,β-unsaturated/α-hetero) is 1. The lowest BCUT2D eigenvalue weighted by Crippen LogP contribution is -2.55. The number of ketones is 1. The Bertz CT molecular complexity index is 728. The first-order chi connectivity index (χ1) is 13.0. The fraction of sp³-hybridized carbons (Fsp3) is 0.550. The molecule has 0 aliphatic heterocycles. The summed E-state index contributed by atoms with van der Waals surface area (Å²) in [5.74, 6) is -0.685. The SMILES string of the molecule is CCN(CC(=O)O)C1CC(NC(=O)Nc2ccc3c(c2)C(=O)CCCC3)C1. The molecule has 0 atom stereocenters. The van der Waals surface area contributed by atoms with Crippen molar-refractivity contribution in [1.82, 2.24) is 10.2 Å². The highest BCUT2D eigenvalue weighted by atomic mass is 16.4. The zero-order valence-corrected chi connectivity index (χ0v) is 15.7. The highest BCUT2D eigenvalue weighted by molar-refractivity contribution is 5.99. The third-order valence-electron chi connectivity index (χ3n) is 5.48. The molecule has 0 heterocycles. The summed E-state index contributed by atoms with van der Waals surface area (Å²) in [5, 5.41) is 14.7. The fourth-order valence-electron chi connectivity index (χ4n) is 3.90. The third-order valence-corrected chi connectivity index (χ3v) is 5.48. The van der Waals surface area contributed by atoms with Gasteiger partial charge in [-0.2, -0.15) is 0 Å². The summed E-state index contributed by atoms with van der Waals surface area (Å²) >= 11 is 0. The molecule has 0 saturated heterocycles. The number of hydrogen-bond donors (Lipinski definition) is 3. The maximum absolute atomic E-state index is 12.2. The molecule has 2 amide bonds. The number of carbonyl (C=O) groups excluding carboxylic acids is 2. The van der Waals surface area contributed by atoms with Crippen LogP contribution in [0.1, 0.15) is 54.9 Å². The Balaban J connectivity index is 1.51. The topological polar surface area (TPSA) is 98.7 Å². The minimum Gasteiger partial charge on any atom is -0.480 e. The van der Waals surface area contributed by atoms with E-state index in [4.69, 9.17) is 5.11 Å². The van der Waals surface area contributed by atoms with Gasteiger partial charge in [-0.1, -0.05) is 13.0 Å². The van der Waals surface area contributed by atoms with Crippen molar-refractivity contribution >= 4 is 23.5 Å². The summed E-state index contributed by atoms with van der Waals surface area (Å²) in [4.78, 5) is 37.2. The van der Waals surface area contributed by atoms with Crippen molar-refractivity contribution < 1.29 is 19.5 Å². The van der Waals surface area contributed by atoms with Gasteiger partial charge in [0, 0.05) is 29.8 Å². The number of amides is 2. The van der Waals surface area contributed by atoms with Crippen molar-refractivity contribution in [2.24, 2.45) is 0 Å². The van der Waals surface area contributed by atoms with E-state index in [0.717, 1.165) is 43.2 Å². The smallest absolute Gasteiger partial charge is 0.319 e. The maximum atomic E-state index is 12.2. The second-order valence-corrected chi connectivity index (χ2v) is 7.38. The Kier molecular flexibility index (Phi) is 6.11. The van der Waals surface area contributed by atoms with Crippen LogP contribution in [-0.4, -0.2) is 53.0 Å². The second-order valence-electron chi connectivity index (χ2n) is 7.38. The lowest BCUT2D eigenvalue weighted by Gasteiger charge is -2.42. The Morgan fingerprint density at radius 1 is 1.22 bits per heavy atom. The van der Waals surface area contributed by atoms with Crippen LogP contribution in [0.5, 0.6) is 0 Å². The molecule has 1 saturated carbocycles. The number of nitrogens with one attached hydrogen (secondary N) is 2. The number of benzene rings is 1. The van der Waals surface area contributed by atoms with Crippen LogP contribution in [0.15, 0.2) is 18.2 Å². The van der Waals surface area contributed by atoms with E-state index in [2.05, 4.69) is 10.6 Å². The number of nitrogens with zero attached hydrogens (tertiary/aromatic N) is 1. The zero-order chi connectivity index (χ0) is 19.4. The van der Waals surface area contributed by atoms with E-state index in [1.54, 1.807) is 6.07 Å². The predicted molar refractivity (Wildman–Crippen MR) is 102 cm³/mol. The van der Waals surface area contributed by atoms with Crippen LogP contribution < -0.4 is 10.6 Å². The van der Waals surface area contributed by atoms with Gasteiger partial charge in [0.1, 0.15) is 0 Å². The van der Waals surface area contributed by atoms with Crippen LogP contribution in [0, 0.1) is 0 Å². The normalized spacial score (nSPS) is 21.8. The Morgan fingerprint density at radius 2 is 1.96 bits per heavy atom. The standard InChI is InChI=1S/C20H27N3O4/c1-2-23(12-19(25)26)16-9-15(10-16)22-20(27)21-14-8-7-13-5-3-4-6-18(24)17(13)11-14/h7-8,11,15-16H,2-6,9-10,12H2,1H3,(H,25,26)(H2,21,22,27). The van der Waals surface area contributed by atoms with Crippen LogP contribution in [0.4, 0.5) is 10.5 Å². The average molecular weight is 373 g/mol. The zero-order valence-electron chi connectivity index (χ0n) is 15.7. The maximum Gasteiger partial charge on any atom is 0.319 e. The molecule has 1 aromatic carbocycles. The van der Waals surface area contributed by atoms with E-state index in [-0.39, 0.29) is 30.4 Å². The predicted octanol–water partition coefficient (Wildman–Crippen LogP) is 2.65. The van der Waals surface area contributed by atoms with E-state index in [0.29, 0.717) is 18.7 Å². The number of likely N-dealkylation sites (N-methyl/N-ethyl adjacent to an activating group) is 1. The van der Waals surface area contributed by atoms with Crippen LogP contribution in [-0.2, 0) is 11.2 Å². The van der Waals surface area contributed by atoms with E-state index < -0.39 is 5.97 Å². The summed E-state index contributed by atoms with van der Waals surface area (Å²) in [6, 6.07) is 5.49. The van der Waals surface area contributed by atoms with Crippen LogP contribution in [0.3, 0.4) is 0 Å². The van der Waals surface area contributed by atoms with Gasteiger partial charge in [0.15, 0.2) is 5.78 Å². The number of fused-ring (bicyclic) bond motifs is 1. The van der Waals surface area contributed by atoms with Gasteiger partial charge < -0.3 is 15.7 Å². The van der Waals surface area contributed by atoms with Crippen LogP contribution >= 0.6 is 0 Å². The van der Waals surface area contributed by atoms with E-state index >= 15 is 0 Å². The molecule has 2 aliphatic carbocycles. The molecule has 1 fully saturated rings. The summed E-state index contributed by atoms with van der Waals surface area (Å²) in [6.07, 6.45) is 4.90. The molecular weight excluding hydrogens is 346 g/mol. The lowest BCUT2D eigenvalue weighted by atomic mass is 9.85. The highest BCUT2D eigenvalue weighted by Crippen LogP contribution is 2.26. The molecule has 27 heavy (non-hydrogen) atoms. The molecule has 3 rings (SSSR count). The first-order valence-electron chi connectivity index (χ1n) is 9.65. The summed E-state index contributed by atoms with van der Waals surface area (Å²) in [7, 11) is 0. The second kappa shape index (κ2) is 8.52. The van der Waals surface area contributed by atoms with Gasteiger partial charge in [0.2, 0.25) is 0 Å². The number of aliphatic carboxylic acids is 1. The van der Waals surface area contributed by atoms with Crippen molar-refractivity contribution in [1.29, 1.82) is 0 Å². The molecule has 0 unspecified atom stereocenters. The van der Waals surface area contributed by atoms with E-state index in [9.17, 15) is 14.4 Å². The molecule has 0 bridgehead atoms. The van der Waals surface area contributed by atoms with E-state index in [1.165, 1.54) is 0 Å². The van der Waals surface area contributed by atoms with Crippen molar-refractivity contribution in [2.75, 3.05) is 18.4 Å².